The Labute approximate surface area is 130 Å². The zero-order valence-electron chi connectivity index (χ0n) is 12.9. The Hall–Kier alpha value is -1.89. The van der Waals surface area contributed by atoms with E-state index in [2.05, 4.69) is 19.8 Å². The number of morpholine rings is 1. The maximum Gasteiger partial charge on any atom is 0.308 e. The average molecular weight is 306 g/mol. The summed E-state index contributed by atoms with van der Waals surface area (Å²) in [6, 6.07) is 2.03. The van der Waals surface area contributed by atoms with Crippen LogP contribution in [-0.4, -0.2) is 62.4 Å². The molecular weight excluding hydrogens is 284 g/mol. The second kappa shape index (κ2) is 6.91. The van der Waals surface area contributed by atoms with Crippen LogP contribution in [0.1, 0.15) is 12.8 Å². The quantitative estimate of drug-likeness (QED) is 0.762. The van der Waals surface area contributed by atoms with Gasteiger partial charge in [0.25, 0.3) is 0 Å². The molecule has 0 N–H and O–H groups in total. The number of esters is 1. The second-order valence-corrected chi connectivity index (χ2v) is 5.62. The fourth-order valence-corrected chi connectivity index (χ4v) is 2.99. The fraction of sp³-hybridized carbons (Fsp3) is 0.667. The van der Waals surface area contributed by atoms with Crippen LogP contribution in [0, 0.1) is 5.92 Å². The Morgan fingerprint density at radius 1 is 1.14 bits per heavy atom. The van der Waals surface area contributed by atoms with Crippen molar-refractivity contribution < 1.29 is 14.3 Å². The zero-order chi connectivity index (χ0) is 15.4. The molecule has 1 aromatic rings. The number of carbonyl (C=O) groups excluding carboxylic acids is 1. The number of nitrogens with zero attached hydrogens (tertiary/aromatic N) is 4. The smallest absolute Gasteiger partial charge is 0.308 e. The molecule has 0 radical (unpaired) electrons. The molecule has 7 heteroatoms. The van der Waals surface area contributed by atoms with Crippen molar-refractivity contribution in [3.8, 4) is 0 Å². The van der Waals surface area contributed by atoms with Gasteiger partial charge in [-0.1, -0.05) is 0 Å². The predicted molar refractivity (Wildman–Crippen MR) is 82.0 cm³/mol. The number of hydrogen-bond donors (Lipinski definition) is 0. The summed E-state index contributed by atoms with van der Waals surface area (Å²) in [6.45, 7) is 4.84. The number of rotatable bonds is 3. The molecular formula is C15H22N4O3. The molecule has 0 saturated carbocycles. The molecule has 0 aromatic carbocycles. The SMILES string of the molecule is COC(=O)C1CCN(c2cc(N3CCOCC3)ncn2)CC1. The Bertz CT molecular complexity index is 511. The van der Waals surface area contributed by atoms with Crippen LogP contribution in [0.2, 0.25) is 0 Å². The Morgan fingerprint density at radius 2 is 1.73 bits per heavy atom. The Balaban J connectivity index is 1.64. The van der Waals surface area contributed by atoms with Crippen molar-refractivity contribution >= 4 is 17.6 Å². The molecule has 2 aliphatic rings. The maximum atomic E-state index is 11.6. The highest BCUT2D eigenvalue weighted by atomic mass is 16.5. The number of anilines is 2. The number of ether oxygens (including phenoxy) is 2. The molecule has 0 bridgehead atoms. The van der Waals surface area contributed by atoms with Crippen molar-refractivity contribution in [2.45, 2.75) is 12.8 Å². The minimum absolute atomic E-state index is 0.0156. The van der Waals surface area contributed by atoms with Crippen LogP contribution in [0.15, 0.2) is 12.4 Å². The summed E-state index contributed by atoms with van der Waals surface area (Å²) < 4.78 is 10.2. The van der Waals surface area contributed by atoms with Gasteiger partial charge in [0.2, 0.25) is 0 Å². The van der Waals surface area contributed by atoms with E-state index in [1.165, 1.54) is 7.11 Å². The van der Waals surface area contributed by atoms with E-state index in [1.54, 1.807) is 6.33 Å². The van der Waals surface area contributed by atoms with Gasteiger partial charge in [-0.25, -0.2) is 9.97 Å². The number of hydrogen-bond acceptors (Lipinski definition) is 7. The van der Waals surface area contributed by atoms with Crippen LogP contribution >= 0.6 is 0 Å². The monoisotopic (exact) mass is 306 g/mol. The summed E-state index contributed by atoms with van der Waals surface area (Å²) in [6.07, 6.45) is 3.24. The van der Waals surface area contributed by atoms with E-state index in [1.807, 2.05) is 6.07 Å². The fourth-order valence-electron chi connectivity index (χ4n) is 2.99. The molecule has 0 atom stereocenters. The van der Waals surface area contributed by atoms with Gasteiger partial charge in [-0.15, -0.1) is 0 Å². The van der Waals surface area contributed by atoms with Crippen LogP contribution in [0.5, 0.6) is 0 Å². The highest BCUT2D eigenvalue weighted by Gasteiger charge is 2.26. The van der Waals surface area contributed by atoms with Gasteiger partial charge < -0.3 is 19.3 Å². The lowest BCUT2D eigenvalue weighted by molar-refractivity contribution is -0.146. The summed E-state index contributed by atoms with van der Waals surface area (Å²) in [5.41, 5.74) is 0. The molecule has 2 saturated heterocycles. The van der Waals surface area contributed by atoms with Crippen molar-refractivity contribution in [2.75, 3.05) is 56.3 Å². The largest absolute Gasteiger partial charge is 0.469 e. The summed E-state index contributed by atoms with van der Waals surface area (Å²) in [4.78, 5) is 24.8. The van der Waals surface area contributed by atoms with Gasteiger partial charge in [0, 0.05) is 32.2 Å². The molecule has 0 amide bonds. The molecule has 7 nitrogen and oxygen atoms in total. The first-order chi connectivity index (χ1) is 10.8. The number of aromatic nitrogens is 2. The van der Waals surface area contributed by atoms with E-state index in [-0.39, 0.29) is 11.9 Å². The van der Waals surface area contributed by atoms with E-state index in [0.717, 1.165) is 63.9 Å². The van der Waals surface area contributed by atoms with Gasteiger partial charge in [0.05, 0.1) is 26.2 Å². The predicted octanol–water partition coefficient (Wildman–Crippen LogP) is 0.703. The average Bonchev–Trinajstić information content (AvgIpc) is 2.62. The van der Waals surface area contributed by atoms with E-state index < -0.39 is 0 Å². The van der Waals surface area contributed by atoms with Gasteiger partial charge in [-0.05, 0) is 12.8 Å². The number of piperidine rings is 1. The summed E-state index contributed by atoms with van der Waals surface area (Å²) in [5.74, 6) is 1.79. The highest BCUT2D eigenvalue weighted by molar-refractivity contribution is 5.72. The molecule has 2 fully saturated rings. The highest BCUT2D eigenvalue weighted by Crippen LogP contribution is 2.24. The maximum absolute atomic E-state index is 11.6. The third-order valence-electron chi connectivity index (χ3n) is 4.33. The molecule has 0 aliphatic carbocycles. The summed E-state index contributed by atoms with van der Waals surface area (Å²) in [5, 5.41) is 0. The number of carbonyl (C=O) groups is 1. The van der Waals surface area contributed by atoms with E-state index >= 15 is 0 Å². The summed E-state index contributed by atoms with van der Waals surface area (Å²) >= 11 is 0. The molecule has 1 aromatic heterocycles. The van der Waals surface area contributed by atoms with Gasteiger partial charge in [0.1, 0.15) is 18.0 Å². The summed E-state index contributed by atoms with van der Waals surface area (Å²) in [7, 11) is 1.45. The Morgan fingerprint density at radius 3 is 2.32 bits per heavy atom. The molecule has 0 unspecified atom stereocenters. The minimum atomic E-state index is -0.101. The van der Waals surface area contributed by atoms with Crippen LogP contribution in [-0.2, 0) is 14.3 Å². The lowest BCUT2D eigenvalue weighted by Gasteiger charge is -2.32. The first-order valence-electron chi connectivity index (χ1n) is 7.75. The van der Waals surface area contributed by atoms with Gasteiger partial charge in [-0.3, -0.25) is 4.79 Å². The molecule has 120 valence electrons. The lowest BCUT2D eigenvalue weighted by atomic mass is 9.97. The molecule has 22 heavy (non-hydrogen) atoms. The van der Waals surface area contributed by atoms with Crippen LogP contribution in [0.4, 0.5) is 11.6 Å². The van der Waals surface area contributed by atoms with Crippen molar-refractivity contribution in [2.24, 2.45) is 5.92 Å². The molecule has 0 spiro atoms. The van der Waals surface area contributed by atoms with Crippen molar-refractivity contribution in [1.82, 2.24) is 9.97 Å². The van der Waals surface area contributed by atoms with Gasteiger partial charge in [-0.2, -0.15) is 0 Å². The first-order valence-corrected chi connectivity index (χ1v) is 7.75. The van der Waals surface area contributed by atoms with Crippen LogP contribution in [0.3, 0.4) is 0 Å². The van der Waals surface area contributed by atoms with Gasteiger partial charge in [0.15, 0.2) is 0 Å². The second-order valence-electron chi connectivity index (χ2n) is 5.62. The standard InChI is InChI=1S/C15H22N4O3/c1-21-15(20)12-2-4-18(5-3-12)13-10-14(17-11-16-13)19-6-8-22-9-7-19/h10-12H,2-9H2,1H3. The van der Waals surface area contributed by atoms with E-state index in [4.69, 9.17) is 9.47 Å². The van der Waals surface area contributed by atoms with Crippen molar-refractivity contribution in [3.05, 3.63) is 12.4 Å². The normalized spacial score (nSPS) is 20.0. The first kappa shape index (κ1) is 15.0. The third-order valence-corrected chi connectivity index (χ3v) is 4.33. The number of methoxy groups -OCH3 is 1. The van der Waals surface area contributed by atoms with Crippen LogP contribution in [0.25, 0.3) is 0 Å². The molecule has 3 rings (SSSR count). The van der Waals surface area contributed by atoms with Gasteiger partial charge >= 0.3 is 5.97 Å². The van der Waals surface area contributed by atoms with E-state index in [9.17, 15) is 4.79 Å². The lowest BCUT2D eigenvalue weighted by Crippen LogP contribution is -2.38. The zero-order valence-corrected chi connectivity index (χ0v) is 12.9. The molecule has 2 aliphatic heterocycles. The van der Waals surface area contributed by atoms with E-state index in [0.29, 0.717) is 0 Å². The minimum Gasteiger partial charge on any atom is -0.469 e. The molecule has 3 heterocycles. The van der Waals surface area contributed by atoms with Crippen LogP contribution < -0.4 is 9.80 Å². The van der Waals surface area contributed by atoms with Crippen molar-refractivity contribution in [1.29, 1.82) is 0 Å². The Kier molecular flexibility index (Phi) is 4.72. The van der Waals surface area contributed by atoms with Crippen molar-refractivity contribution in [3.63, 3.8) is 0 Å². The third kappa shape index (κ3) is 3.30. The topological polar surface area (TPSA) is 67.8 Å².